The summed E-state index contributed by atoms with van der Waals surface area (Å²) in [7, 11) is 0. The fraction of sp³-hybridized carbons (Fsp3) is 0.0137. The lowest BCUT2D eigenvalue weighted by molar-refractivity contribution is 0.768. The maximum Gasteiger partial charge on any atom is 0.0713 e. The van der Waals surface area contributed by atoms with Gasteiger partial charge in [0.15, 0.2) is 0 Å². The predicted octanol–water partition coefficient (Wildman–Crippen LogP) is 19.3. The molecule has 0 bridgehead atoms. The second kappa shape index (κ2) is 18.4. The number of anilines is 3. The molecule has 0 unspecified atom stereocenters. The third-order valence-electron chi connectivity index (χ3n) is 15.5. The molecule has 0 fully saturated rings. The molecule has 2 heteroatoms. The minimum Gasteiger partial charge on any atom is -0.310 e. The van der Waals surface area contributed by atoms with Crippen LogP contribution in [0.15, 0.2) is 303 Å². The van der Waals surface area contributed by atoms with Crippen LogP contribution in [0.5, 0.6) is 0 Å². The van der Waals surface area contributed by atoms with Crippen LogP contribution in [0.1, 0.15) is 22.3 Å². The molecule has 0 radical (unpaired) electrons. The van der Waals surface area contributed by atoms with Crippen LogP contribution < -0.4 is 4.90 Å². The molecular weight excluding hydrogens is 905 g/mol. The first kappa shape index (κ1) is 44.0. The zero-order valence-corrected chi connectivity index (χ0v) is 41.3. The molecule has 13 aromatic rings. The van der Waals surface area contributed by atoms with Gasteiger partial charge in [-0.2, -0.15) is 0 Å². The van der Waals surface area contributed by atoms with E-state index in [0.717, 1.165) is 28.3 Å². The second-order valence-corrected chi connectivity index (χ2v) is 19.6. The van der Waals surface area contributed by atoms with Gasteiger partial charge in [0, 0.05) is 33.5 Å². The molecule has 0 saturated heterocycles. The summed E-state index contributed by atoms with van der Waals surface area (Å²) in [6.07, 6.45) is 0. The van der Waals surface area contributed by atoms with Crippen molar-refractivity contribution in [1.29, 1.82) is 0 Å². The number of hydrogen-bond donors (Lipinski definition) is 0. The summed E-state index contributed by atoms with van der Waals surface area (Å²) in [4.78, 5) is 2.37. The Bertz CT molecular complexity index is 4160. The molecule has 1 aromatic heterocycles. The highest BCUT2D eigenvalue weighted by molar-refractivity contribution is 6.11. The summed E-state index contributed by atoms with van der Waals surface area (Å²) in [6.45, 7) is 0. The Morgan fingerprint density at radius 2 is 0.720 bits per heavy atom. The summed E-state index contributed by atoms with van der Waals surface area (Å²) in [5.41, 5.74) is 23.5. The monoisotopic (exact) mass is 954 g/mol. The van der Waals surface area contributed by atoms with Gasteiger partial charge in [-0.25, -0.2) is 0 Å². The minimum atomic E-state index is -0.456. The molecule has 14 rings (SSSR count). The van der Waals surface area contributed by atoms with Gasteiger partial charge in [0.1, 0.15) is 0 Å². The normalized spacial score (nSPS) is 12.4. The van der Waals surface area contributed by atoms with Gasteiger partial charge in [-0.3, -0.25) is 0 Å². The van der Waals surface area contributed by atoms with Gasteiger partial charge >= 0.3 is 0 Å². The van der Waals surface area contributed by atoms with Gasteiger partial charge in [0.25, 0.3) is 0 Å². The highest BCUT2D eigenvalue weighted by Gasteiger charge is 2.46. The van der Waals surface area contributed by atoms with Gasteiger partial charge in [-0.05, 0) is 139 Å². The topological polar surface area (TPSA) is 8.17 Å². The van der Waals surface area contributed by atoms with Crippen LogP contribution in [0.3, 0.4) is 0 Å². The molecule has 1 aliphatic rings. The van der Waals surface area contributed by atoms with Crippen LogP contribution >= 0.6 is 0 Å². The summed E-state index contributed by atoms with van der Waals surface area (Å²) < 4.78 is 2.48. The lowest BCUT2D eigenvalue weighted by atomic mass is 9.68. The number of para-hydroxylation sites is 2. The summed E-state index contributed by atoms with van der Waals surface area (Å²) in [5, 5.41) is 2.47. The molecule has 1 heterocycles. The van der Waals surface area contributed by atoms with Crippen LogP contribution in [0.2, 0.25) is 0 Å². The van der Waals surface area contributed by atoms with Crippen molar-refractivity contribution in [3.8, 4) is 61.3 Å². The van der Waals surface area contributed by atoms with Gasteiger partial charge < -0.3 is 9.47 Å². The van der Waals surface area contributed by atoms with Crippen molar-refractivity contribution in [3.63, 3.8) is 0 Å². The molecule has 12 aromatic carbocycles. The van der Waals surface area contributed by atoms with Crippen LogP contribution in [-0.4, -0.2) is 4.57 Å². The van der Waals surface area contributed by atoms with E-state index in [0.29, 0.717) is 0 Å². The Hall–Kier alpha value is -9.76. The van der Waals surface area contributed by atoms with Crippen molar-refractivity contribution in [2.75, 3.05) is 4.90 Å². The third-order valence-corrected chi connectivity index (χ3v) is 15.5. The Balaban J connectivity index is 0.876. The zero-order chi connectivity index (χ0) is 49.7. The van der Waals surface area contributed by atoms with E-state index in [1.807, 2.05) is 0 Å². The first-order valence-corrected chi connectivity index (χ1v) is 25.9. The quantitative estimate of drug-likeness (QED) is 0.133. The van der Waals surface area contributed by atoms with E-state index in [1.165, 1.54) is 94.1 Å². The first-order chi connectivity index (χ1) is 37.2. The second-order valence-electron chi connectivity index (χ2n) is 19.6. The minimum absolute atomic E-state index is 0.456. The first-order valence-electron chi connectivity index (χ1n) is 25.9. The average Bonchev–Trinajstić information content (AvgIpc) is 4.01. The van der Waals surface area contributed by atoms with E-state index in [4.69, 9.17) is 0 Å². The molecule has 75 heavy (non-hydrogen) atoms. The zero-order valence-electron chi connectivity index (χ0n) is 41.3. The lowest BCUT2D eigenvalue weighted by Gasteiger charge is -2.33. The van der Waals surface area contributed by atoms with Crippen molar-refractivity contribution in [2.45, 2.75) is 5.41 Å². The Kier molecular flexibility index (Phi) is 10.8. The number of aromatic nitrogens is 1. The van der Waals surface area contributed by atoms with E-state index in [1.54, 1.807) is 0 Å². The molecule has 0 atom stereocenters. The molecule has 0 saturated carbocycles. The molecule has 2 nitrogen and oxygen atoms in total. The molecule has 0 spiro atoms. The van der Waals surface area contributed by atoms with Crippen molar-refractivity contribution in [2.24, 2.45) is 0 Å². The Morgan fingerprint density at radius 1 is 0.253 bits per heavy atom. The van der Waals surface area contributed by atoms with Gasteiger partial charge in [0.05, 0.1) is 16.4 Å². The molecule has 0 amide bonds. The number of nitrogens with zero attached hydrogens (tertiary/aromatic N) is 2. The predicted molar refractivity (Wildman–Crippen MR) is 315 cm³/mol. The van der Waals surface area contributed by atoms with E-state index < -0.39 is 5.41 Å². The third kappa shape index (κ3) is 7.33. The molecule has 352 valence electrons. The highest BCUT2D eigenvalue weighted by Crippen LogP contribution is 2.56. The highest BCUT2D eigenvalue weighted by atomic mass is 15.1. The SMILES string of the molecule is c1ccc(-c2ccc(N(c3ccccc3)c3ccc(-c4ccccc4-c4ccc5c6ccccc6n(-c6ccc7c(c6)-c6ccccc6C7(c6ccccc6)c6ccccc6)c5c4)cc3)cc2-c2ccccc2)cc1. The van der Waals surface area contributed by atoms with Crippen LogP contribution in [0.4, 0.5) is 17.1 Å². The summed E-state index contributed by atoms with van der Waals surface area (Å²) in [5.74, 6) is 0. The van der Waals surface area contributed by atoms with E-state index in [-0.39, 0.29) is 0 Å². The van der Waals surface area contributed by atoms with Crippen molar-refractivity contribution in [3.05, 3.63) is 326 Å². The van der Waals surface area contributed by atoms with Crippen LogP contribution in [0, 0.1) is 0 Å². The fourth-order valence-corrected chi connectivity index (χ4v) is 12.2. The molecule has 1 aliphatic carbocycles. The maximum atomic E-state index is 2.48. The number of fused-ring (bicyclic) bond motifs is 6. The summed E-state index contributed by atoms with van der Waals surface area (Å²) >= 11 is 0. The number of rotatable bonds is 10. The van der Waals surface area contributed by atoms with E-state index in [9.17, 15) is 0 Å². The van der Waals surface area contributed by atoms with Gasteiger partial charge in [-0.15, -0.1) is 0 Å². The van der Waals surface area contributed by atoms with Crippen molar-refractivity contribution in [1.82, 2.24) is 4.57 Å². The van der Waals surface area contributed by atoms with E-state index >= 15 is 0 Å². The number of hydrogen-bond acceptors (Lipinski definition) is 1. The van der Waals surface area contributed by atoms with Crippen molar-refractivity contribution >= 4 is 38.9 Å². The van der Waals surface area contributed by atoms with Gasteiger partial charge in [-0.1, -0.05) is 243 Å². The number of benzene rings is 12. The standard InChI is InChI=1S/C73H50N2/c1-6-22-51(23-7-1)63-46-43-59(49-67(63)52-24-8-2-9-25-52)74(57-30-14-5-15-31-57)58-41-38-53(39-42-58)61-32-16-17-33-62(61)54-40-45-66-65-35-19-21-37-71(65)75(72(66)48-54)60-44-47-70-68(50-60)64-34-18-20-36-69(64)73(70,55-26-10-3-11-27-55)56-28-12-4-13-29-56/h1-50H. The fourth-order valence-electron chi connectivity index (χ4n) is 12.2. The van der Waals surface area contributed by atoms with Gasteiger partial charge in [0.2, 0.25) is 0 Å². The summed E-state index contributed by atoms with van der Waals surface area (Å²) in [6, 6.07) is 111. The van der Waals surface area contributed by atoms with Crippen LogP contribution in [-0.2, 0) is 5.41 Å². The largest absolute Gasteiger partial charge is 0.310 e. The maximum absolute atomic E-state index is 2.48. The molecular formula is C73H50N2. The van der Waals surface area contributed by atoms with E-state index in [2.05, 4.69) is 313 Å². The molecule has 0 aliphatic heterocycles. The van der Waals surface area contributed by atoms with Crippen LogP contribution in [0.25, 0.3) is 83.1 Å². The molecule has 0 N–H and O–H groups in total. The smallest absolute Gasteiger partial charge is 0.0713 e. The Labute approximate surface area is 438 Å². The average molecular weight is 955 g/mol. The van der Waals surface area contributed by atoms with Crippen molar-refractivity contribution < 1.29 is 0 Å². The lowest BCUT2D eigenvalue weighted by Crippen LogP contribution is -2.28. The Morgan fingerprint density at radius 3 is 1.40 bits per heavy atom.